The third-order valence-corrected chi connectivity index (χ3v) is 18.9. The molecule has 0 fully saturated rings. The van der Waals surface area contributed by atoms with Crippen molar-refractivity contribution in [3.8, 4) is 62.1 Å². The zero-order chi connectivity index (χ0) is 55.6. The van der Waals surface area contributed by atoms with E-state index in [9.17, 15) is 0 Å². The van der Waals surface area contributed by atoms with Gasteiger partial charge in [0.25, 0.3) is 0 Å². The zero-order valence-electron chi connectivity index (χ0n) is 46.4. The Labute approximate surface area is 493 Å². The van der Waals surface area contributed by atoms with Crippen molar-refractivity contribution >= 4 is 44.6 Å². The number of para-hydroxylation sites is 3. The quantitative estimate of drug-likeness (QED) is 0.149. The molecule has 0 N–H and O–H groups in total. The molecule has 4 heterocycles. The van der Waals surface area contributed by atoms with Gasteiger partial charge < -0.3 is 0 Å². The Balaban J connectivity index is 0.886. The van der Waals surface area contributed by atoms with Gasteiger partial charge >= 0.3 is 346 Å². The van der Waals surface area contributed by atoms with Crippen molar-refractivity contribution in [2.75, 3.05) is 0 Å². The average molecular weight is 1260 g/mol. The first-order chi connectivity index (χ1) is 39.8. The van der Waals surface area contributed by atoms with Gasteiger partial charge in [-0.05, 0) is 51.6 Å². The molecule has 0 radical (unpaired) electrons. The van der Waals surface area contributed by atoms with Crippen LogP contribution < -0.4 is 4.74 Å². The molecule has 5 nitrogen and oxygen atoms in total. The van der Waals surface area contributed by atoms with Gasteiger partial charge in [0, 0.05) is 16.0 Å². The van der Waals surface area contributed by atoms with Crippen molar-refractivity contribution in [3.05, 3.63) is 280 Å². The molecule has 0 bridgehead atoms. The van der Waals surface area contributed by atoms with E-state index >= 15 is 0 Å². The van der Waals surface area contributed by atoms with E-state index in [1.54, 1.807) is 0 Å². The Morgan fingerprint density at radius 2 is 1.05 bits per heavy atom. The standard InChI is InChI=1S/C75H56N4OS.Pt/c1-73(2,3)50-40-49(41-51(42-50)74(4,5)6)56-28-21-27-55(48-22-8-7-9-23-48)72(56)78-47-77(65-32-14-15-33-66(65)78)52-24-20-25-53(43-52)80-54-37-38-58-60-45-59-57-26-10-11-29-61(57)75(62-30-12-16-34-69(62)81-70-35-17-13-31-63(70)75)64(59)46-68(60)79(67(58)44-54)71-36-18-19-39-76-71;/h7-42,45-46H,1-6H3;/q-2;. The van der Waals surface area contributed by atoms with Crippen molar-refractivity contribution in [1.82, 2.24) is 18.7 Å². The van der Waals surface area contributed by atoms with Crippen molar-refractivity contribution in [1.29, 1.82) is 0 Å². The number of benzene rings is 10. The molecule has 400 valence electrons. The number of pyridine rings is 1. The van der Waals surface area contributed by atoms with Gasteiger partial charge in [-0.1, -0.05) is 78.5 Å². The number of rotatable bonds is 7. The molecule has 10 aromatic carbocycles. The number of ether oxygens (including phenoxy) is 1. The monoisotopic (exact) mass is 1260 g/mol. The van der Waals surface area contributed by atoms with Crippen LogP contribution in [0.3, 0.4) is 0 Å². The van der Waals surface area contributed by atoms with Crippen LogP contribution in [0.25, 0.3) is 83.4 Å². The van der Waals surface area contributed by atoms with E-state index in [1.165, 1.54) is 59.9 Å². The summed E-state index contributed by atoms with van der Waals surface area (Å²) in [4.78, 5) is 7.56. The molecule has 13 aromatic rings. The molecule has 0 saturated carbocycles. The second-order valence-electron chi connectivity index (χ2n) is 23.7. The summed E-state index contributed by atoms with van der Waals surface area (Å²) in [5, 5.41) is 2.20. The molecule has 15 rings (SSSR count). The van der Waals surface area contributed by atoms with Crippen LogP contribution in [0.4, 0.5) is 0 Å². The maximum atomic E-state index is 6.93. The second-order valence-corrected chi connectivity index (χ2v) is 25.8. The van der Waals surface area contributed by atoms with E-state index in [0.29, 0.717) is 11.5 Å². The minimum absolute atomic E-state index is 0.0534. The van der Waals surface area contributed by atoms with Crippen molar-refractivity contribution < 1.29 is 24.1 Å². The summed E-state index contributed by atoms with van der Waals surface area (Å²) < 4.78 is 15.0. The third kappa shape index (κ3) is 7.86. The fraction of sp³-hybridized carbons (Fsp3) is 0.120. The molecule has 0 unspecified atom stereocenters. The molecule has 82 heavy (non-hydrogen) atoms. The first kappa shape index (κ1) is 50.4. The van der Waals surface area contributed by atoms with Gasteiger partial charge in [-0.25, -0.2) is 0 Å². The van der Waals surface area contributed by atoms with Crippen LogP contribution in [0, 0.1) is 15.9 Å². The Bertz CT molecular complexity index is 4730. The van der Waals surface area contributed by atoms with Gasteiger partial charge in [0.1, 0.15) is 0 Å². The van der Waals surface area contributed by atoms with E-state index in [4.69, 9.17) is 9.72 Å². The van der Waals surface area contributed by atoms with E-state index in [2.05, 4.69) is 293 Å². The predicted molar refractivity (Wildman–Crippen MR) is 332 cm³/mol. The van der Waals surface area contributed by atoms with Gasteiger partial charge in [0.2, 0.25) is 0 Å². The third-order valence-electron chi connectivity index (χ3n) is 16.7. The summed E-state index contributed by atoms with van der Waals surface area (Å²) in [5.74, 6) is 1.97. The Morgan fingerprint density at radius 3 is 1.74 bits per heavy atom. The Morgan fingerprint density at radius 1 is 0.451 bits per heavy atom. The summed E-state index contributed by atoms with van der Waals surface area (Å²) >= 11 is 4.39. The first-order valence-electron chi connectivity index (χ1n) is 28.0. The molecule has 0 atom stereocenters. The summed E-state index contributed by atoms with van der Waals surface area (Å²) in [6.07, 6.45) is 1.87. The molecular weight excluding hydrogens is 1200 g/mol. The van der Waals surface area contributed by atoms with Gasteiger partial charge in [-0.2, -0.15) is 0 Å². The first-order valence-corrected chi connectivity index (χ1v) is 30.0. The van der Waals surface area contributed by atoms with Crippen LogP contribution in [-0.4, -0.2) is 18.7 Å². The fourth-order valence-corrected chi connectivity index (χ4v) is 15.1. The normalized spacial score (nSPS) is 13.4. The SMILES string of the molecule is CC(C)(C)c1cc(-c2cccc(-c3ccccc3)c2-n2[c](=[Pt])n(-c3[c-]c(Oc4[c-]c5c(cc4)c4cc6c(cc4n5-c4ccccn4)C4(c5ccccc5Sc5ccccc54)c4ccccc4-6)ccc3)c3ccccc32)cc(C(C)(C)C)c1. The molecule has 3 aromatic heterocycles. The van der Waals surface area contributed by atoms with Crippen LogP contribution in [0.2, 0.25) is 0 Å². The molecule has 2 aliphatic rings. The van der Waals surface area contributed by atoms with Crippen LogP contribution in [0.15, 0.2) is 240 Å². The predicted octanol–water partition coefficient (Wildman–Crippen LogP) is 19.1. The molecule has 1 aliphatic carbocycles. The summed E-state index contributed by atoms with van der Waals surface area (Å²) in [6, 6.07) is 89.3. The Kier molecular flexibility index (Phi) is 11.7. The summed E-state index contributed by atoms with van der Waals surface area (Å²) in [5.41, 5.74) is 20.4. The van der Waals surface area contributed by atoms with Crippen LogP contribution in [0.5, 0.6) is 11.5 Å². The molecule has 1 aliphatic heterocycles. The molecule has 0 saturated heterocycles. The van der Waals surface area contributed by atoms with Gasteiger partial charge in [-0.3, -0.25) is 0 Å². The summed E-state index contributed by atoms with van der Waals surface area (Å²) in [6.45, 7) is 13.9. The van der Waals surface area contributed by atoms with Gasteiger partial charge in [-0.15, -0.1) is 0 Å². The number of aromatic nitrogens is 4. The minimum atomic E-state index is -0.521. The van der Waals surface area contributed by atoms with Crippen LogP contribution in [-0.2, 0) is 35.6 Å². The van der Waals surface area contributed by atoms with Gasteiger partial charge in [0.05, 0.1) is 5.41 Å². The average Bonchev–Trinajstić information content (AvgIpc) is 1.65. The number of fused-ring (bicyclic) bond motifs is 13. The number of hydrogen-bond donors (Lipinski definition) is 0. The Hall–Kier alpha value is -8.54. The van der Waals surface area contributed by atoms with Crippen LogP contribution in [0.1, 0.15) is 74.9 Å². The molecule has 1 spiro atoms. The number of hydrogen-bond acceptors (Lipinski definition) is 3. The second kappa shape index (κ2) is 19.0. The van der Waals surface area contributed by atoms with Crippen molar-refractivity contribution in [2.45, 2.75) is 67.6 Å². The van der Waals surface area contributed by atoms with E-state index in [0.717, 1.165) is 70.5 Å². The van der Waals surface area contributed by atoms with Crippen molar-refractivity contribution in [3.63, 3.8) is 0 Å². The van der Waals surface area contributed by atoms with E-state index in [1.807, 2.05) is 36.2 Å². The number of nitrogens with zero attached hydrogens (tertiary/aromatic N) is 4. The number of imidazole rings is 1. The summed E-state index contributed by atoms with van der Waals surface area (Å²) in [7, 11) is 0. The molecule has 7 heteroatoms. The topological polar surface area (TPSA) is 36.9 Å². The van der Waals surface area contributed by atoms with E-state index < -0.39 is 5.41 Å². The van der Waals surface area contributed by atoms with Gasteiger partial charge in [0.15, 0.2) is 0 Å². The fourth-order valence-electron chi connectivity index (χ4n) is 12.9. The van der Waals surface area contributed by atoms with Crippen LogP contribution >= 0.6 is 11.8 Å². The molecule has 0 amide bonds. The maximum absolute atomic E-state index is 6.93. The van der Waals surface area contributed by atoms with Crippen molar-refractivity contribution in [2.24, 2.45) is 0 Å². The molecular formula is C75H56N4OPtS-2. The zero-order valence-corrected chi connectivity index (χ0v) is 49.4. The van der Waals surface area contributed by atoms with E-state index in [-0.39, 0.29) is 10.8 Å².